The fourth-order valence-electron chi connectivity index (χ4n) is 5.42. The van der Waals surface area contributed by atoms with E-state index in [4.69, 9.17) is 5.73 Å². The lowest BCUT2D eigenvalue weighted by molar-refractivity contribution is -0.134. The number of anilines is 1. The highest BCUT2D eigenvalue weighted by molar-refractivity contribution is 7.89. The zero-order valence-corrected chi connectivity index (χ0v) is 23.8. The van der Waals surface area contributed by atoms with Crippen molar-refractivity contribution in [1.82, 2.24) is 9.62 Å². The second-order valence-electron chi connectivity index (χ2n) is 10.9. The monoisotopic (exact) mass is 550 g/mol. The minimum absolute atomic E-state index is 0.0323. The van der Waals surface area contributed by atoms with Crippen LogP contribution in [0, 0.1) is 18.8 Å². The largest absolute Gasteiger partial charge is 0.341 e. The summed E-state index contributed by atoms with van der Waals surface area (Å²) in [6.07, 6.45) is 1.29. The molecular weight excluding hydrogens is 512 g/mol. The van der Waals surface area contributed by atoms with Crippen LogP contribution in [0.2, 0.25) is 0 Å². The fraction of sp³-hybridized carbons (Fsp3) is 0.400. The summed E-state index contributed by atoms with van der Waals surface area (Å²) in [5, 5.41) is 4.12. The molecule has 1 heterocycles. The molecule has 4 N–H and O–H groups in total. The van der Waals surface area contributed by atoms with Gasteiger partial charge in [0.2, 0.25) is 15.9 Å². The second-order valence-corrected chi connectivity index (χ2v) is 12.6. The molecule has 3 atom stereocenters. The lowest BCUT2D eigenvalue weighted by Crippen LogP contribution is -2.55. The van der Waals surface area contributed by atoms with Gasteiger partial charge in [-0.2, -0.15) is 0 Å². The predicted molar refractivity (Wildman–Crippen MR) is 155 cm³/mol. The van der Waals surface area contributed by atoms with Crippen molar-refractivity contribution in [2.24, 2.45) is 17.6 Å². The second kappa shape index (κ2) is 11.9. The van der Waals surface area contributed by atoms with Crippen LogP contribution in [0.4, 0.5) is 5.69 Å². The molecule has 3 aromatic carbocycles. The summed E-state index contributed by atoms with van der Waals surface area (Å²) in [7, 11) is -3.90. The van der Waals surface area contributed by atoms with E-state index in [1.807, 2.05) is 31.2 Å². The van der Waals surface area contributed by atoms with Crippen molar-refractivity contribution < 1.29 is 18.0 Å². The van der Waals surface area contributed by atoms with Gasteiger partial charge in [0.25, 0.3) is 5.91 Å². The van der Waals surface area contributed by atoms with Crippen molar-refractivity contribution >= 4 is 38.3 Å². The van der Waals surface area contributed by atoms with Crippen molar-refractivity contribution in [3.63, 3.8) is 0 Å². The topological polar surface area (TPSA) is 122 Å². The molecule has 0 bridgehead atoms. The summed E-state index contributed by atoms with van der Waals surface area (Å²) in [5.41, 5.74) is 7.79. The van der Waals surface area contributed by atoms with E-state index in [1.54, 1.807) is 48.2 Å². The lowest BCUT2D eigenvalue weighted by atomic mass is 9.86. The molecule has 208 valence electrons. The number of sulfonamides is 1. The molecule has 4 rings (SSSR count). The molecule has 0 saturated carbocycles. The number of carbonyl (C=O) groups is 2. The average molecular weight is 551 g/mol. The molecule has 0 spiro atoms. The Morgan fingerprint density at radius 2 is 1.69 bits per heavy atom. The average Bonchev–Trinajstić information content (AvgIpc) is 2.88. The number of hydrogen-bond acceptors (Lipinski definition) is 5. The Hall–Kier alpha value is -3.27. The molecular formula is C30H38N4O4S. The molecule has 0 radical (unpaired) electrons. The molecule has 0 unspecified atom stereocenters. The van der Waals surface area contributed by atoms with E-state index in [1.165, 1.54) is 0 Å². The molecule has 0 aromatic heterocycles. The number of likely N-dealkylation sites (tertiary alicyclic amines) is 1. The summed E-state index contributed by atoms with van der Waals surface area (Å²) in [6, 6.07) is 16.8. The van der Waals surface area contributed by atoms with E-state index in [0.717, 1.165) is 12.0 Å². The quantitative estimate of drug-likeness (QED) is 0.386. The van der Waals surface area contributed by atoms with Gasteiger partial charge in [0, 0.05) is 41.2 Å². The summed E-state index contributed by atoms with van der Waals surface area (Å²) in [6.45, 7) is 8.65. The first-order valence-corrected chi connectivity index (χ1v) is 14.9. The number of fused-ring (bicyclic) bond motifs is 1. The molecule has 9 heteroatoms. The third kappa shape index (κ3) is 6.49. The number of amides is 2. The number of nitrogens with zero attached hydrogens (tertiary/aromatic N) is 1. The van der Waals surface area contributed by atoms with Gasteiger partial charge in [0.15, 0.2) is 0 Å². The van der Waals surface area contributed by atoms with Crippen molar-refractivity contribution in [3.05, 3.63) is 71.8 Å². The molecule has 1 aliphatic heterocycles. The van der Waals surface area contributed by atoms with Gasteiger partial charge < -0.3 is 16.0 Å². The van der Waals surface area contributed by atoms with E-state index in [9.17, 15) is 18.0 Å². The van der Waals surface area contributed by atoms with Gasteiger partial charge in [0.05, 0.1) is 10.9 Å². The first kappa shape index (κ1) is 28.7. The van der Waals surface area contributed by atoms with Gasteiger partial charge in [-0.1, -0.05) is 56.3 Å². The van der Waals surface area contributed by atoms with Gasteiger partial charge in [-0.3, -0.25) is 9.59 Å². The molecule has 8 nitrogen and oxygen atoms in total. The van der Waals surface area contributed by atoms with E-state index in [2.05, 4.69) is 23.9 Å². The lowest BCUT2D eigenvalue weighted by Gasteiger charge is -2.40. The summed E-state index contributed by atoms with van der Waals surface area (Å²) in [5.74, 6) is -0.0597. The molecule has 1 fully saturated rings. The number of rotatable bonds is 8. The van der Waals surface area contributed by atoms with Gasteiger partial charge in [-0.25, -0.2) is 13.1 Å². The molecule has 0 aliphatic carbocycles. The van der Waals surface area contributed by atoms with Gasteiger partial charge >= 0.3 is 0 Å². The number of nitrogens with one attached hydrogen (secondary N) is 2. The van der Waals surface area contributed by atoms with E-state index in [-0.39, 0.29) is 28.7 Å². The minimum Gasteiger partial charge on any atom is -0.341 e. The smallest absolute Gasteiger partial charge is 0.255 e. The van der Waals surface area contributed by atoms with Crippen molar-refractivity contribution in [2.45, 2.75) is 57.5 Å². The minimum atomic E-state index is -3.90. The Morgan fingerprint density at radius 1 is 1.00 bits per heavy atom. The highest BCUT2D eigenvalue weighted by Crippen LogP contribution is 2.31. The Labute approximate surface area is 231 Å². The van der Waals surface area contributed by atoms with Crippen LogP contribution in [0.5, 0.6) is 0 Å². The van der Waals surface area contributed by atoms with Gasteiger partial charge in [-0.15, -0.1) is 0 Å². The molecule has 2 amide bonds. The highest BCUT2D eigenvalue weighted by Gasteiger charge is 2.35. The normalized spacial score (nSPS) is 18.8. The standard InChI is InChI=1S/C30H38N4O4S/c1-19(2)17-22-18-34(30(36)21(4)31)16-15-26(22)33-39(37,38)28-14-8-11-24-25(28)12-7-13-27(24)32-29(35)23-10-6-5-9-20(23)3/h5-14,19,21-22,26,33H,15-18,31H2,1-4H3,(H,32,35)/t21-,22+,26-/m0/s1. The zero-order chi connectivity index (χ0) is 28.3. The Bertz CT molecular complexity index is 1470. The van der Waals surface area contributed by atoms with Crippen LogP contribution >= 0.6 is 0 Å². The Kier molecular flexibility index (Phi) is 8.73. The van der Waals surface area contributed by atoms with Gasteiger partial charge in [0.1, 0.15) is 0 Å². The summed E-state index contributed by atoms with van der Waals surface area (Å²) >= 11 is 0. The van der Waals surface area contributed by atoms with Crippen molar-refractivity contribution in [2.75, 3.05) is 18.4 Å². The van der Waals surface area contributed by atoms with Crippen LogP contribution in [0.3, 0.4) is 0 Å². The maximum atomic E-state index is 13.8. The molecule has 39 heavy (non-hydrogen) atoms. The maximum Gasteiger partial charge on any atom is 0.255 e. The highest BCUT2D eigenvalue weighted by atomic mass is 32.2. The third-order valence-corrected chi connectivity index (χ3v) is 8.87. The first-order chi connectivity index (χ1) is 18.5. The SMILES string of the molecule is Cc1ccccc1C(=O)Nc1cccc2c(S(=O)(=O)N[C@H]3CCN(C(=O)[C@H](C)N)C[C@H]3CC(C)C)cccc12. The van der Waals surface area contributed by atoms with Crippen LogP contribution in [0.25, 0.3) is 10.8 Å². The summed E-state index contributed by atoms with van der Waals surface area (Å²) < 4.78 is 30.5. The van der Waals surface area contributed by atoms with Crippen LogP contribution in [0.15, 0.2) is 65.6 Å². The van der Waals surface area contributed by atoms with E-state index in [0.29, 0.717) is 47.5 Å². The van der Waals surface area contributed by atoms with E-state index < -0.39 is 16.1 Å². The molecule has 1 saturated heterocycles. The number of piperidine rings is 1. The zero-order valence-electron chi connectivity index (χ0n) is 23.0. The first-order valence-electron chi connectivity index (χ1n) is 13.4. The van der Waals surface area contributed by atoms with Crippen LogP contribution in [0.1, 0.15) is 49.5 Å². The molecule has 3 aromatic rings. The van der Waals surface area contributed by atoms with Crippen molar-refractivity contribution in [1.29, 1.82) is 0 Å². The van der Waals surface area contributed by atoms with Crippen LogP contribution in [-0.2, 0) is 14.8 Å². The third-order valence-electron chi connectivity index (χ3n) is 7.33. The van der Waals surface area contributed by atoms with Gasteiger partial charge in [-0.05, 0) is 62.3 Å². The number of carbonyl (C=O) groups excluding carboxylic acids is 2. The predicted octanol–water partition coefficient (Wildman–Crippen LogP) is 4.29. The maximum absolute atomic E-state index is 13.8. The van der Waals surface area contributed by atoms with Crippen molar-refractivity contribution in [3.8, 4) is 0 Å². The number of nitrogens with two attached hydrogens (primary N) is 1. The fourth-order valence-corrected chi connectivity index (χ4v) is 6.99. The van der Waals surface area contributed by atoms with E-state index >= 15 is 0 Å². The van der Waals surface area contributed by atoms with Crippen LogP contribution in [-0.4, -0.2) is 50.3 Å². The molecule has 1 aliphatic rings. The number of hydrogen-bond donors (Lipinski definition) is 3. The summed E-state index contributed by atoms with van der Waals surface area (Å²) in [4.78, 5) is 27.4. The Morgan fingerprint density at radius 3 is 2.38 bits per heavy atom. The number of aryl methyl sites for hydroxylation is 1. The Balaban J connectivity index is 1.62. The number of benzene rings is 3. The van der Waals surface area contributed by atoms with Crippen LogP contribution < -0.4 is 15.8 Å².